The van der Waals surface area contributed by atoms with Crippen LogP contribution < -0.4 is 0 Å². The Bertz CT molecular complexity index is 1010. The third kappa shape index (κ3) is 3.96. The van der Waals surface area contributed by atoms with Gasteiger partial charge in [0.15, 0.2) is 0 Å². The summed E-state index contributed by atoms with van der Waals surface area (Å²) in [4.78, 5) is 15.6. The molecule has 2 aliphatic rings. The summed E-state index contributed by atoms with van der Waals surface area (Å²) in [5.41, 5.74) is 1.12. The number of thioether (sulfide) groups is 1. The standard InChI is InChI=1S/C22H26N2O3S2/c1-22(2)16-23(14-15-28-22)13-12-19(17-8-4-3-5-9-17)24-21(25)18-10-6-7-11-20(18)29(24,26)27/h3-11,19H,12-16H2,1-2H3. The topological polar surface area (TPSA) is 57.7 Å². The molecule has 1 atom stereocenters. The molecule has 2 heterocycles. The SMILES string of the molecule is CC1(C)CN(CCC(c2ccccc2)N2C(=O)c3ccccc3S2(=O)=O)CCS1. The normalized spacial score (nSPS) is 21.7. The van der Waals surface area contributed by atoms with Crippen LogP contribution in [0.25, 0.3) is 0 Å². The van der Waals surface area contributed by atoms with E-state index in [2.05, 4.69) is 18.7 Å². The number of amides is 1. The number of carbonyl (C=O) groups excluding carboxylic acids is 1. The smallest absolute Gasteiger partial charge is 0.269 e. The average Bonchev–Trinajstić information content (AvgIpc) is 2.89. The van der Waals surface area contributed by atoms with E-state index in [0.717, 1.165) is 35.3 Å². The summed E-state index contributed by atoms with van der Waals surface area (Å²) in [6, 6.07) is 15.5. The number of sulfonamides is 1. The van der Waals surface area contributed by atoms with Gasteiger partial charge in [-0.15, -0.1) is 0 Å². The predicted octanol–water partition coefficient (Wildman–Crippen LogP) is 3.79. The second kappa shape index (κ2) is 7.78. The Labute approximate surface area is 177 Å². The number of rotatable bonds is 5. The molecule has 7 heteroatoms. The summed E-state index contributed by atoms with van der Waals surface area (Å²) in [5, 5.41) is 0. The average molecular weight is 431 g/mol. The fraction of sp³-hybridized carbons (Fsp3) is 0.409. The van der Waals surface area contributed by atoms with E-state index in [1.807, 2.05) is 42.1 Å². The van der Waals surface area contributed by atoms with Gasteiger partial charge < -0.3 is 4.90 Å². The first-order valence-corrected chi connectivity index (χ1v) is 12.3. The highest BCUT2D eigenvalue weighted by Crippen LogP contribution is 2.39. The molecule has 1 unspecified atom stereocenters. The Morgan fingerprint density at radius 2 is 1.76 bits per heavy atom. The van der Waals surface area contributed by atoms with Gasteiger partial charge in [0, 0.05) is 30.1 Å². The molecule has 154 valence electrons. The summed E-state index contributed by atoms with van der Waals surface area (Å²) >= 11 is 1.97. The summed E-state index contributed by atoms with van der Waals surface area (Å²) in [5.74, 6) is 0.638. The molecule has 5 nitrogen and oxygen atoms in total. The Hall–Kier alpha value is -1.83. The van der Waals surface area contributed by atoms with Crippen molar-refractivity contribution < 1.29 is 13.2 Å². The van der Waals surface area contributed by atoms with E-state index < -0.39 is 22.0 Å². The van der Waals surface area contributed by atoms with Crippen molar-refractivity contribution in [3.63, 3.8) is 0 Å². The molecule has 1 fully saturated rings. The van der Waals surface area contributed by atoms with E-state index in [9.17, 15) is 13.2 Å². The quantitative estimate of drug-likeness (QED) is 0.722. The molecule has 0 N–H and O–H groups in total. The van der Waals surface area contributed by atoms with E-state index in [1.54, 1.807) is 18.2 Å². The fourth-order valence-corrected chi connectivity index (χ4v) is 7.17. The maximum atomic E-state index is 13.3. The first kappa shape index (κ1) is 20.4. The highest BCUT2D eigenvalue weighted by molar-refractivity contribution is 8.00. The van der Waals surface area contributed by atoms with Gasteiger partial charge in [0.1, 0.15) is 4.90 Å². The molecule has 4 rings (SSSR count). The highest BCUT2D eigenvalue weighted by atomic mass is 32.2. The van der Waals surface area contributed by atoms with Crippen LogP contribution in [0.1, 0.15) is 42.2 Å². The zero-order valence-electron chi connectivity index (χ0n) is 16.7. The Balaban J connectivity index is 1.65. The van der Waals surface area contributed by atoms with E-state index in [-0.39, 0.29) is 15.2 Å². The second-order valence-corrected chi connectivity index (χ2v) is 11.8. The van der Waals surface area contributed by atoms with Crippen molar-refractivity contribution in [2.45, 2.75) is 36.0 Å². The van der Waals surface area contributed by atoms with Gasteiger partial charge in [-0.05, 0) is 38.0 Å². The molecule has 29 heavy (non-hydrogen) atoms. The summed E-state index contributed by atoms with van der Waals surface area (Å²) < 4.78 is 27.8. The van der Waals surface area contributed by atoms with Gasteiger partial charge in [0.2, 0.25) is 0 Å². The third-order valence-corrected chi connectivity index (χ3v) is 8.69. The van der Waals surface area contributed by atoms with E-state index in [1.165, 1.54) is 6.07 Å². The maximum Gasteiger partial charge on any atom is 0.269 e. The lowest BCUT2D eigenvalue weighted by Gasteiger charge is -2.38. The Morgan fingerprint density at radius 1 is 1.07 bits per heavy atom. The van der Waals surface area contributed by atoms with Crippen LogP contribution in [0.3, 0.4) is 0 Å². The van der Waals surface area contributed by atoms with Gasteiger partial charge >= 0.3 is 0 Å². The molecule has 0 aliphatic carbocycles. The molecule has 0 radical (unpaired) electrons. The molecule has 0 bridgehead atoms. The number of hydrogen-bond donors (Lipinski definition) is 0. The Kier molecular flexibility index (Phi) is 5.48. The van der Waals surface area contributed by atoms with Crippen LogP contribution in [0.2, 0.25) is 0 Å². The fourth-order valence-electron chi connectivity index (χ4n) is 4.22. The van der Waals surface area contributed by atoms with Crippen LogP contribution in [-0.2, 0) is 10.0 Å². The molecular formula is C22H26N2O3S2. The van der Waals surface area contributed by atoms with E-state index >= 15 is 0 Å². The van der Waals surface area contributed by atoms with Crippen LogP contribution >= 0.6 is 11.8 Å². The number of hydrogen-bond acceptors (Lipinski definition) is 5. The van der Waals surface area contributed by atoms with Gasteiger partial charge in [0.25, 0.3) is 15.9 Å². The molecular weight excluding hydrogens is 404 g/mol. The van der Waals surface area contributed by atoms with Crippen molar-refractivity contribution in [2.24, 2.45) is 0 Å². The van der Waals surface area contributed by atoms with Crippen LogP contribution in [0, 0.1) is 0 Å². The second-order valence-electron chi connectivity index (χ2n) is 8.20. The lowest BCUT2D eigenvalue weighted by molar-refractivity contribution is 0.0818. The predicted molar refractivity (Wildman–Crippen MR) is 117 cm³/mol. The highest BCUT2D eigenvalue weighted by Gasteiger charge is 2.45. The molecule has 1 amide bonds. The van der Waals surface area contributed by atoms with Crippen molar-refractivity contribution in [3.8, 4) is 0 Å². The van der Waals surface area contributed by atoms with Gasteiger partial charge in [-0.3, -0.25) is 4.79 Å². The number of nitrogens with zero attached hydrogens (tertiary/aromatic N) is 2. The molecule has 2 aliphatic heterocycles. The van der Waals surface area contributed by atoms with E-state index in [4.69, 9.17) is 0 Å². The lowest BCUT2D eigenvalue weighted by atomic mass is 10.0. The minimum absolute atomic E-state index is 0.112. The van der Waals surface area contributed by atoms with Crippen molar-refractivity contribution in [3.05, 3.63) is 65.7 Å². The number of benzene rings is 2. The zero-order chi connectivity index (χ0) is 20.6. The summed E-state index contributed by atoms with van der Waals surface area (Å²) in [7, 11) is -3.86. The van der Waals surface area contributed by atoms with Crippen LogP contribution in [0.4, 0.5) is 0 Å². The van der Waals surface area contributed by atoms with Crippen LogP contribution in [0.5, 0.6) is 0 Å². The van der Waals surface area contributed by atoms with Gasteiger partial charge in [-0.25, -0.2) is 12.7 Å². The first-order valence-electron chi connectivity index (χ1n) is 9.89. The molecule has 0 saturated carbocycles. The van der Waals surface area contributed by atoms with E-state index in [0.29, 0.717) is 6.42 Å². The first-order chi connectivity index (χ1) is 13.8. The minimum Gasteiger partial charge on any atom is -0.301 e. The zero-order valence-corrected chi connectivity index (χ0v) is 18.4. The molecule has 0 spiro atoms. The molecule has 1 saturated heterocycles. The summed E-state index contributed by atoms with van der Waals surface area (Å²) in [6.45, 7) is 7.17. The minimum atomic E-state index is -3.86. The lowest BCUT2D eigenvalue weighted by Crippen LogP contribution is -2.44. The van der Waals surface area contributed by atoms with Crippen LogP contribution in [0.15, 0.2) is 59.5 Å². The van der Waals surface area contributed by atoms with Crippen molar-refractivity contribution in [1.82, 2.24) is 9.21 Å². The van der Waals surface area contributed by atoms with Crippen molar-refractivity contribution in [2.75, 3.05) is 25.4 Å². The molecule has 0 aromatic heterocycles. The van der Waals surface area contributed by atoms with Crippen molar-refractivity contribution in [1.29, 1.82) is 0 Å². The van der Waals surface area contributed by atoms with Gasteiger partial charge in [-0.1, -0.05) is 42.5 Å². The molecule has 2 aromatic carbocycles. The van der Waals surface area contributed by atoms with Gasteiger partial charge in [-0.2, -0.15) is 11.8 Å². The monoisotopic (exact) mass is 430 g/mol. The summed E-state index contributed by atoms with van der Waals surface area (Å²) in [6.07, 6.45) is 0.573. The molecule has 2 aromatic rings. The maximum absolute atomic E-state index is 13.3. The number of fused-ring (bicyclic) bond motifs is 1. The van der Waals surface area contributed by atoms with Crippen molar-refractivity contribution >= 4 is 27.7 Å². The Morgan fingerprint density at radius 3 is 2.45 bits per heavy atom. The van der Waals surface area contributed by atoms with Crippen LogP contribution in [-0.4, -0.2) is 53.7 Å². The van der Waals surface area contributed by atoms with Gasteiger partial charge in [0.05, 0.1) is 11.6 Å². The number of carbonyl (C=O) groups is 1. The third-order valence-electron chi connectivity index (χ3n) is 5.55. The largest absolute Gasteiger partial charge is 0.301 e.